The lowest BCUT2D eigenvalue weighted by Gasteiger charge is -2.34. The Bertz CT molecular complexity index is 877. The van der Waals surface area contributed by atoms with Crippen molar-refractivity contribution in [2.75, 3.05) is 19.7 Å². The summed E-state index contributed by atoms with van der Waals surface area (Å²) in [5.74, 6) is 0.630. The largest absolute Gasteiger partial charge is 0.452 e. The van der Waals surface area contributed by atoms with Gasteiger partial charge in [-0.15, -0.1) is 0 Å². The third kappa shape index (κ3) is 3.68. The maximum Gasteiger partial charge on any atom is 0.339 e. The molecule has 4 rings (SSSR count). The summed E-state index contributed by atoms with van der Waals surface area (Å²) < 4.78 is 10.6. The van der Waals surface area contributed by atoms with Crippen LogP contribution in [0.15, 0.2) is 10.6 Å². The van der Waals surface area contributed by atoms with E-state index in [1.165, 1.54) is 0 Å². The summed E-state index contributed by atoms with van der Waals surface area (Å²) in [6.07, 6.45) is 3.24. The maximum absolute atomic E-state index is 12.7. The zero-order valence-electron chi connectivity index (χ0n) is 16.0. The Morgan fingerprint density at radius 2 is 1.96 bits per heavy atom. The number of carbonyl (C=O) groups excluding carboxylic acids is 2. The Morgan fingerprint density at radius 1 is 1.26 bits per heavy atom. The summed E-state index contributed by atoms with van der Waals surface area (Å²) >= 11 is 0. The van der Waals surface area contributed by atoms with Gasteiger partial charge >= 0.3 is 5.97 Å². The number of carbonyl (C=O) groups is 2. The van der Waals surface area contributed by atoms with E-state index in [2.05, 4.69) is 24.0 Å². The summed E-state index contributed by atoms with van der Waals surface area (Å²) in [7, 11) is 0. The summed E-state index contributed by atoms with van der Waals surface area (Å²) in [6, 6.07) is 1.77. The van der Waals surface area contributed by atoms with E-state index in [9.17, 15) is 9.59 Å². The second kappa shape index (κ2) is 6.94. The van der Waals surface area contributed by atoms with Crippen molar-refractivity contribution in [3.63, 3.8) is 0 Å². The number of aromatic nitrogens is 2. The molecule has 7 nitrogen and oxygen atoms in total. The number of esters is 1. The van der Waals surface area contributed by atoms with E-state index in [1.54, 1.807) is 17.9 Å². The average Bonchev–Trinajstić information content (AvgIpc) is 3.41. The molecule has 7 heteroatoms. The summed E-state index contributed by atoms with van der Waals surface area (Å²) in [5.41, 5.74) is 2.16. The predicted octanol–water partition coefficient (Wildman–Crippen LogP) is 3.07. The highest BCUT2D eigenvalue weighted by Gasteiger charge is 2.30. The number of likely N-dealkylation sites (tertiary alicyclic amines) is 1. The molecule has 0 radical (unpaired) electrons. The molecule has 144 valence electrons. The predicted molar refractivity (Wildman–Crippen MR) is 98.3 cm³/mol. The minimum Gasteiger partial charge on any atom is -0.452 e. The van der Waals surface area contributed by atoms with Gasteiger partial charge in [-0.2, -0.15) is 0 Å². The van der Waals surface area contributed by atoms with Crippen LogP contribution in [0.3, 0.4) is 0 Å². The molecule has 0 unspecified atom stereocenters. The van der Waals surface area contributed by atoms with Crippen LogP contribution in [0.1, 0.15) is 60.8 Å². The second-order valence-corrected chi connectivity index (χ2v) is 8.14. The van der Waals surface area contributed by atoms with Gasteiger partial charge in [-0.05, 0) is 44.1 Å². The number of piperidine rings is 1. The van der Waals surface area contributed by atoms with Gasteiger partial charge in [0.05, 0.1) is 16.6 Å². The molecule has 0 spiro atoms. The van der Waals surface area contributed by atoms with Crippen molar-refractivity contribution in [1.29, 1.82) is 0 Å². The molecule has 2 atom stereocenters. The molecule has 3 heterocycles. The smallest absolute Gasteiger partial charge is 0.339 e. The van der Waals surface area contributed by atoms with Gasteiger partial charge in [-0.25, -0.2) is 9.78 Å². The molecule has 2 aromatic heterocycles. The van der Waals surface area contributed by atoms with Crippen molar-refractivity contribution >= 4 is 23.0 Å². The van der Waals surface area contributed by atoms with Gasteiger partial charge in [-0.3, -0.25) is 4.79 Å². The van der Waals surface area contributed by atoms with Crippen LogP contribution in [0.4, 0.5) is 0 Å². The molecule has 1 aliphatic carbocycles. The van der Waals surface area contributed by atoms with Gasteiger partial charge in [0.15, 0.2) is 6.61 Å². The zero-order valence-corrected chi connectivity index (χ0v) is 16.0. The molecule has 0 bridgehead atoms. The fraction of sp³-hybridized carbons (Fsp3) is 0.600. The third-order valence-electron chi connectivity index (χ3n) is 5.40. The number of amides is 1. The van der Waals surface area contributed by atoms with Gasteiger partial charge in [0, 0.05) is 24.7 Å². The molecule has 27 heavy (non-hydrogen) atoms. The lowest BCUT2D eigenvalue weighted by molar-refractivity contribution is -0.137. The first-order valence-corrected chi connectivity index (χ1v) is 9.64. The average molecular weight is 371 g/mol. The monoisotopic (exact) mass is 371 g/mol. The lowest BCUT2D eigenvalue weighted by Crippen LogP contribution is -2.44. The van der Waals surface area contributed by atoms with Crippen molar-refractivity contribution in [2.45, 2.75) is 46.0 Å². The molecular formula is C20H25N3O4. The van der Waals surface area contributed by atoms with Crippen LogP contribution in [0.25, 0.3) is 11.1 Å². The lowest BCUT2D eigenvalue weighted by atomic mass is 9.92. The molecule has 1 saturated heterocycles. The van der Waals surface area contributed by atoms with Crippen LogP contribution < -0.4 is 0 Å². The Labute approximate surface area is 158 Å². The van der Waals surface area contributed by atoms with Crippen LogP contribution in [0, 0.1) is 18.8 Å². The van der Waals surface area contributed by atoms with Crippen molar-refractivity contribution in [3.05, 3.63) is 23.0 Å². The van der Waals surface area contributed by atoms with Gasteiger partial charge in [0.2, 0.25) is 0 Å². The maximum atomic E-state index is 12.7. The van der Waals surface area contributed by atoms with Crippen LogP contribution in [0.5, 0.6) is 0 Å². The number of fused-ring (bicyclic) bond motifs is 1. The van der Waals surface area contributed by atoms with Gasteiger partial charge in [-0.1, -0.05) is 19.0 Å². The first-order valence-electron chi connectivity index (χ1n) is 9.64. The Morgan fingerprint density at radius 3 is 2.63 bits per heavy atom. The van der Waals surface area contributed by atoms with Gasteiger partial charge in [0.25, 0.3) is 11.6 Å². The molecular weight excluding hydrogens is 346 g/mol. The molecule has 2 aromatic rings. The van der Waals surface area contributed by atoms with E-state index < -0.39 is 5.97 Å². The highest BCUT2D eigenvalue weighted by molar-refractivity contribution is 6.03. The summed E-state index contributed by atoms with van der Waals surface area (Å²) in [5, 5.41) is 4.49. The van der Waals surface area contributed by atoms with Crippen molar-refractivity contribution < 1.29 is 18.8 Å². The Balaban J connectivity index is 1.49. The highest BCUT2D eigenvalue weighted by Crippen LogP contribution is 2.40. The zero-order chi connectivity index (χ0) is 19.1. The van der Waals surface area contributed by atoms with Crippen LogP contribution in [0.2, 0.25) is 0 Å². The normalized spacial score (nSPS) is 22.9. The quantitative estimate of drug-likeness (QED) is 0.768. The molecule has 2 aliphatic rings. The van der Waals surface area contributed by atoms with Crippen LogP contribution in [-0.4, -0.2) is 46.6 Å². The number of nitrogens with zero attached hydrogens (tertiary/aromatic N) is 3. The van der Waals surface area contributed by atoms with Crippen molar-refractivity contribution in [1.82, 2.24) is 15.0 Å². The number of ether oxygens (including phenoxy) is 1. The van der Waals surface area contributed by atoms with Crippen molar-refractivity contribution in [3.8, 4) is 0 Å². The number of pyridine rings is 1. The van der Waals surface area contributed by atoms with E-state index in [-0.39, 0.29) is 12.5 Å². The van der Waals surface area contributed by atoms with Crippen LogP contribution in [-0.2, 0) is 9.53 Å². The first kappa shape index (κ1) is 17.9. The minimum atomic E-state index is -0.526. The molecule has 1 aliphatic heterocycles. The van der Waals surface area contributed by atoms with Crippen molar-refractivity contribution in [2.24, 2.45) is 11.8 Å². The first-order chi connectivity index (χ1) is 12.9. The topological polar surface area (TPSA) is 85.5 Å². The Hall–Kier alpha value is -2.44. The highest BCUT2D eigenvalue weighted by atomic mass is 16.5. The number of hydrogen-bond acceptors (Lipinski definition) is 6. The number of rotatable bonds is 4. The minimum absolute atomic E-state index is 0.142. The molecule has 1 amide bonds. The van der Waals surface area contributed by atoms with E-state index in [1.807, 2.05) is 0 Å². The summed E-state index contributed by atoms with van der Waals surface area (Å²) in [6.45, 7) is 7.25. The number of aryl methyl sites for hydroxylation is 1. The fourth-order valence-corrected chi connectivity index (χ4v) is 4.03. The van der Waals surface area contributed by atoms with Crippen LogP contribution >= 0.6 is 0 Å². The summed E-state index contributed by atoms with van der Waals surface area (Å²) in [4.78, 5) is 31.5. The molecule has 0 aromatic carbocycles. The SMILES string of the molecule is Cc1noc2nc(C3CC3)cc(C(=O)OCC(=O)N3C[C@@H](C)C[C@H](C)C3)c12. The second-order valence-electron chi connectivity index (χ2n) is 8.14. The van der Waals surface area contributed by atoms with E-state index in [4.69, 9.17) is 9.26 Å². The van der Waals surface area contributed by atoms with E-state index in [0.717, 1.165) is 38.0 Å². The molecule has 0 N–H and O–H groups in total. The van der Waals surface area contributed by atoms with Gasteiger partial charge in [0.1, 0.15) is 0 Å². The molecule has 1 saturated carbocycles. The Kier molecular flexibility index (Phi) is 4.61. The standard InChI is InChI=1S/C20H25N3O4/c1-11-6-12(2)9-23(8-11)17(24)10-26-20(25)15-7-16(14-4-5-14)21-19-18(15)13(3)22-27-19/h7,11-12,14H,4-6,8-10H2,1-3H3/t11-,12-/m0/s1. The van der Waals surface area contributed by atoms with E-state index in [0.29, 0.717) is 40.1 Å². The third-order valence-corrected chi connectivity index (χ3v) is 5.40. The fourth-order valence-electron chi connectivity index (χ4n) is 4.03. The van der Waals surface area contributed by atoms with Gasteiger partial charge < -0.3 is 14.2 Å². The molecule has 2 fully saturated rings. The number of hydrogen-bond donors (Lipinski definition) is 0. The van der Waals surface area contributed by atoms with E-state index >= 15 is 0 Å².